The van der Waals surface area contributed by atoms with Gasteiger partial charge in [0.15, 0.2) is 5.69 Å². The monoisotopic (exact) mass is 308 g/mol. The average Bonchev–Trinajstić information content (AvgIpc) is 2.78. The predicted octanol–water partition coefficient (Wildman–Crippen LogP) is 3.02. The molecule has 0 N–H and O–H groups in total. The number of aromatic nitrogens is 1. The normalized spacial score (nSPS) is 10.4. The number of benzene rings is 1. The Bertz CT molecular complexity index is 566. The molecule has 1 aromatic carbocycles. The standard InChI is InChI=1S/C13H13BrN2O2/c1-9-7-12(15-18-9)13(17)16(2)8-10-5-3-4-6-11(10)14/h3-7H,8H2,1-2H3. The van der Waals surface area contributed by atoms with Crippen LogP contribution in [-0.2, 0) is 6.54 Å². The van der Waals surface area contributed by atoms with Crippen molar-refractivity contribution in [2.75, 3.05) is 7.05 Å². The third-order valence-electron chi connectivity index (χ3n) is 2.56. The molecular weight excluding hydrogens is 296 g/mol. The number of nitrogens with zero attached hydrogens (tertiary/aromatic N) is 2. The Labute approximate surface area is 114 Å². The quantitative estimate of drug-likeness (QED) is 0.875. The van der Waals surface area contributed by atoms with Gasteiger partial charge in [0.05, 0.1) is 0 Å². The van der Waals surface area contributed by atoms with Gasteiger partial charge in [-0.2, -0.15) is 0 Å². The molecule has 4 nitrogen and oxygen atoms in total. The third-order valence-corrected chi connectivity index (χ3v) is 3.33. The molecule has 5 heteroatoms. The van der Waals surface area contributed by atoms with Crippen LogP contribution >= 0.6 is 15.9 Å². The lowest BCUT2D eigenvalue weighted by Gasteiger charge is -2.16. The molecule has 0 unspecified atom stereocenters. The van der Waals surface area contributed by atoms with Gasteiger partial charge < -0.3 is 9.42 Å². The van der Waals surface area contributed by atoms with Gasteiger partial charge in [0.1, 0.15) is 5.76 Å². The fraction of sp³-hybridized carbons (Fsp3) is 0.231. The Hall–Kier alpha value is -1.62. The minimum atomic E-state index is -0.150. The maximum absolute atomic E-state index is 12.1. The summed E-state index contributed by atoms with van der Waals surface area (Å²) in [5.41, 5.74) is 1.38. The van der Waals surface area contributed by atoms with Crippen molar-refractivity contribution in [2.24, 2.45) is 0 Å². The zero-order chi connectivity index (χ0) is 13.1. The summed E-state index contributed by atoms with van der Waals surface area (Å²) in [6, 6.07) is 9.45. The third kappa shape index (κ3) is 2.79. The van der Waals surface area contributed by atoms with E-state index in [4.69, 9.17) is 4.52 Å². The maximum atomic E-state index is 12.1. The van der Waals surface area contributed by atoms with Crippen LogP contribution in [0.2, 0.25) is 0 Å². The fourth-order valence-electron chi connectivity index (χ4n) is 1.62. The molecule has 0 radical (unpaired) electrons. The number of carbonyl (C=O) groups excluding carboxylic acids is 1. The zero-order valence-electron chi connectivity index (χ0n) is 10.2. The molecule has 0 spiro atoms. The second kappa shape index (κ2) is 5.35. The number of aryl methyl sites for hydroxylation is 1. The van der Waals surface area contributed by atoms with Crippen LogP contribution < -0.4 is 0 Å². The summed E-state index contributed by atoms with van der Waals surface area (Å²) < 4.78 is 5.89. The van der Waals surface area contributed by atoms with Gasteiger partial charge in [-0.3, -0.25) is 4.79 Å². The Balaban J connectivity index is 2.11. The van der Waals surface area contributed by atoms with Crippen molar-refractivity contribution >= 4 is 21.8 Å². The molecule has 18 heavy (non-hydrogen) atoms. The van der Waals surface area contributed by atoms with Crippen LogP contribution in [0.15, 0.2) is 39.3 Å². The fourth-order valence-corrected chi connectivity index (χ4v) is 2.03. The van der Waals surface area contributed by atoms with Gasteiger partial charge in [-0.15, -0.1) is 0 Å². The highest BCUT2D eigenvalue weighted by atomic mass is 79.9. The smallest absolute Gasteiger partial charge is 0.276 e. The molecule has 0 atom stereocenters. The minimum absolute atomic E-state index is 0.150. The van der Waals surface area contributed by atoms with Crippen LogP contribution in [0.4, 0.5) is 0 Å². The van der Waals surface area contributed by atoms with Crippen molar-refractivity contribution in [1.82, 2.24) is 10.1 Å². The van der Waals surface area contributed by atoms with E-state index in [1.165, 1.54) is 0 Å². The molecular formula is C13H13BrN2O2. The first-order chi connectivity index (χ1) is 8.58. The summed E-state index contributed by atoms with van der Waals surface area (Å²) >= 11 is 3.46. The van der Waals surface area contributed by atoms with Gasteiger partial charge in [-0.05, 0) is 18.6 Å². The van der Waals surface area contributed by atoms with Crippen molar-refractivity contribution in [2.45, 2.75) is 13.5 Å². The van der Waals surface area contributed by atoms with Crippen LogP contribution in [0.3, 0.4) is 0 Å². The summed E-state index contributed by atoms with van der Waals surface area (Å²) in [5, 5.41) is 3.72. The van der Waals surface area contributed by atoms with Crippen molar-refractivity contribution in [3.8, 4) is 0 Å². The highest BCUT2D eigenvalue weighted by molar-refractivity contribution is 9.10. The molecule has 2 aromatic rings. The molecule has 1 heterocycles. The first-order valence-electron chi connectivity index (χ1n) is 5.50. The Morgan fingerprint density at radius 2 is 2.17 bits per heavy atom. The molecule has 2 rings (SSSR count). The number of hydrogen-bond acceptors (Lipinski definition) is 3. The summed E-state index contributed by atoms with van der Waals surface area (Å²) in [5.74, 6) is 0.482. The molecule has 0 saturated carbocycles. The van der Waals surface area contributed by atoms with Gasteiger partial charge in [-0.1, -0.05) is 39.3 Å². The number of halogens is 1. The van der Waals surface area contributed by atoms with Gasteiger partial charge in [-0.25, -0.2) is 0 Å². The number of carbonyl (C=O) groups is 1. The van der Waals surface area contributed by atoms with Gasteiger partial charge >= 0.3 is 0 Å². The van der Waals surface area contributed by atoms with Crippen LogP contribution in [-0.4, -0.2) is 23.0 Å². The topological polar surface area (TPSA) is 46.3 Å². The van der Waals surface area contributed by atoms with Gasteiger partial charge in [0, 0.05) is 24.1 Å². The van der Waals surface area contributed by atoms with E-state index < -0.39 is 0 Å². The van der Waals surface area contributed by atoms with Crippen molar-refractivity contribution in [3.63, 3.8) is 0 Å². The van der Waals surface area contributed by atoms with Crippen molar-refractivity contribution in [3.05, 3.63) is 51.8 Å². The SMILES string of the molecule is Cc1cc(C(=O)N(C)Cc2ccccc2Br)no1. The molecule has 94 valence electrons. The summed E-state index contributed by atoms with van der Waals surface area (Å²) in [6.07, 6.45) is 0. The molecule has 1 aromatic heterocycles. The molecule has 0 bridgehead atoms. The first-order valence-corrected chi connectivity index (χ1v) is 6.29. The second-order valence-electron chi connectivity index (χ2n) is 4.08. The van der Waals surface area contributed by atoms with Crippen LogP contribution in [0.25, 0.3) is 0 Å². The van der Waals surface area contributed by atoms with E-state index in [2.05, 4.69) is 21.1 Å². The van der Waals surface area contributed by atoms with E-state index >= 15 is 0 Å². The molecule has 0 fully saturated rings. The van der Waals surface area contributed by atoms with Gasteiger partial charge in [0.2, 0.25) is 0 Å². The lowest BCUT2D eigenvalue weighted by molar-refractivity contribution is 0.0774. The van der Waals surface area contributed by atoms with Gasteiger partial charge in [0.25, 0.3) is 5.91 Å². The number of amides is 1. The number of rotatable bonds is 3. The minimum Gasteiger partial charge on any atom is -0.361 e. The Morgan fingerprint density at radius 1 is 1.44 bits per heavy atom. The van der Waals surface area contributed by atoms with Crippen LogP contribution in [0.1, 0.15) is 21.8 Å². The van der Waals surface area contributed by atoms with Crippen LogP contribution in [0.5, 0.6) is 0 Å². The highest BCUT2D eigenvalue weighted by Gasteiger charge is 2.16. The molecule has 0 aliphatic rings. The predicted molar refractivity (Wildman–Crippen MR) is 71.2 cm³/mol. The van der Waals surface area contributed by atoms with E-state index in [9.17, 15) is 4.79 Å². The average molecular weight is 309 g/mol. The van der Waals surface area contributed by atoms with Crippen molar-refractivity contribution < 1.29 is 9.32 Å². The van der Waals surface area contributed by atoms with E-state index in [-0.39, 0.29) is 5.91 Å². The summed E-state index contributed by atoms with van der Waals surface area (Å²) in [7, 11) is 1.74. The molecule has 0 aliphatic carbocycles. The molecule has 1 amide bonds. The summed E-state index contributed by atoms with van der Waals surface area (Å²) in [6.45, 7) is 2.28. The van der Waals surface area contributed by atoms with Crippen molar-refractivity contribution in [1.29, 1.82) is 0 Å². The summed E-state index contributed by atoms with van der Waals surface area (Å²) in [4.78, 5) is 13.7. The Kier molecular flexibility index (Phi) is 3.81. The van der Waals surface area contributed by atoms with E-state index in [1.807, 2.05) is 24.3 Å². The van der Waals surface area contributed by atoms with E-state index in [0.29, 0.717) is 18.0 Å². The molecule has 0 aliphatic heterocycles. The zero-order valence-corrected chi connectivity index (χ0v) is 11.8. The van der Waals surface area contributed by atoms with E-state index in [0.717, 1.165) is 10.0 Å². The number of hydrogen-bond donors (Lipinski definition) is 0. The lowest BCUT2D eigenvalue weighted by Crippen LogP contribution is -2.26. The largest absolute Gasteiger partial charge is 0.361 e. The first kappa shape index (κ1) is 12.8. The molecule has 0 saturated heterocycles. The Morgan fingerprint density at radius 3 is 2.78 bits per heavy atom. The van der Waals surface area contributed by atoms with E-state index in [1.54, 1.807) is 24.9 Å². The highest BCUT2D eigenvalue weighted by Crippen LogP contribution is 2.18. The lowest BCUT2D eigenvalue weighted by atomic mass is 10.2. The van der Waals surface area contributed by atoms with Crippen LogP contribution in [0, 0.1) is 6.92 Å². The second-order valence-corrected chi connectivity index (χ2v) is 4.93. The maximum Gasteiger partial charge on any atom is 0.276 e.